The molecule has 0 amide bonds. The van der Waals surface area contributed by atoms with Gasteiger partial charge in [0.1, 0.15) is 0 Å². The van der Waals surface area contributed by atoms with Crippen LogP contribution in [0.15, 0.2) is 0 Å². The van der Waals surface area contributed by atoms with E-state index in [1.165, 1.54) is 0 Å². The van der Waals surface area contributed by atoms with Crippen LogP contribution in [0.2, 0.25) is 0 Å². The van der Waals surface area contributed by atoms with Crippen LogP contribution in [0.5, 0.6) is 0 Å². The van der Waals surface area contributed by atoms with Crippen molar-refractivity contribution in [2.75, 3.05) is 0 Å². The molecule has 0 rings (SSSR count). The van der Waals surface area contributed by atoms with Gasteiger partial charge in [0.15, 0.2) is 0 Å². The number of hydrogen-bond acceptors (Lipinski definition) is 7. The summed E-state index contributed by atoms with van der Waals surface area (Å²) in [5, 5.41) is 0. The van der Waals surface area contributed by atoms with Crippen LogP contribution >= 0.6 is 11.1 Å². The van der Waals surface area contributed by atoms with Crippen LogP contribution in [0, 0.1) is 0 Å². The van der Waals surface area contributed by atoms with Crippen LogP contribution in [-0.4, -0.2) is 67.3 Å². The van der Waals surface area contributed by atoms with Crippen LogP contribution < -0.4 is 0 Å². The van der Waals surface area contributed by atoms with Crippen molar-refractivity contribution >= 4 is 56.9 Å². The van der Waals surface area contributed by atoms with E-state index in [4.69, 9.17) is 31.9 Å². The largest absolute Gasteiger partial charge is 2.00 e. The van der Waals surface area contributed by atoms with Crippen LogP contribution in [0.4, 0.5) is 0 Å². The second-order valence-electron chi connectivity index (χ2n) is 0.962. The summed E-state index contributed by atoms with van der Waals surface area (Å²) in [7, 11) is -9.31. The number of rotatable bonds is 0. The molecule has 3 N–H and O–H groups in total. The first kappa shape index (κ1) is 18.1. The molecule has 0 aromatic heterocycles. The molecule has 2 radical (unpaired) electrons. The molecule has 0 spiro atoms. The van der Waals surface area contributed by atoms with E-state index in [9.17, 15) is 0 Å². The molecule has 7 nitrogen and oxygen atoms in total. The van der Waals surface area contributed by atoms with Gasteiger partial charge < -0.3 is 23.5 Å². The van der Waals surface area contributed by atoms with Crippen LogP contribution in [0.3, 0.4) is 0 Å². The van der Waals surface area contributed by atoms with Crippen LogP contribution in [0.1, 0.15) is 0 Å². The van der Waals surface area contributed by atoms with Crippen LogP contribution in [0.25, 0.3) is 0 Å². The Labute approximate surface area is 88.4 Å². The molecule has 66 valence electrons. The van der Waals surface area contributed by atoms with Gasteiger partial charge in [0.05, 0.1) is 0 Å². The molecule has 0 aromatic carbocycles. The molecule has 0 aromatic rings. The van der Waals surface area contributed by atoms with Gasteiger partial charge in [-0.25, -0.2) is 0 Å². The molecular weight excluding hydrogens is 415 g/mol. The van der Waals surface area contributed by atoms with E-state index in [2.05, 4.69) is 11.1 Å². The molecular formula is H3ClO7PbSSi. The Morgan fingerprint density at radius 2 is 1.18 bits per heavy atom. The van der Waals surface area contributed by atoms with E-state index >= 15 is 0 Å². The molecule has 0 aliphatic rings. The average molecular weight is 418 g/mol. The van der Waals surface area contributed by atoms with E-state index in [0.717, 1.165) is 0 Å². The third kappa shape index (κ3) is 678. The van der Waals surface area contributed by atoms with Gasteiger partial charge in [-0.15, -0.1) is 0 Å². The van der Waals surface area contributed by atoms with Gasteiger partial charge in [-0.2, -0.15) is 0 Å². The smallest absolute Gasteiger partial charge is 0.759 e. The maximum Gasteiger partial charge on any atom is 2.00 e. The van der Waals surface area contributed by atoms with Crippen molar-refractivity contribution < 1.29 is 31.9 Å². The van der Waals surface area contributed by atoms with E-state index in [-0.39, 0.29) is 27.3 Å². The van der Waals surface area contributed by atoms with E-state index in [1.54, 1.807) is 0 Å². The van der Waals surface area contributed by atoms with E-state index < -0.39 is 18.5 Å². The van der Waals surface area contributed by atoms with Crippen molar-refractivity contribution in [3.8, 4) is 0 Å². The summed E-state index contributed by atoms with van der Waals surface area (Å²) in [5.74, 6) is 0. The van der Waals surface area contributed by atoms with Gasteiger partial charge in [-0.3, -0.25) is 8.42 Å². The minimum Gasteiger partial charge on any atom is -0.759 e. The molecule has 0 fully saturated rings. The standard InChI is InChI=1S/ClH3O3Si.H2O4S.Pb/c2*1-5(2,3)4;/h2-4H;(H2,1,2,3,4);/q;;+2/p-2. The third-order valence-electron chi connectivity index (χ3n) is 0. The maximum atomic E-state index is 8.52. The van der Waals surface area contributed by atoms with Crippen molar-refractivity contribution in [3.63, 3.8) is 0 Å². The zero-order valence-electron chi connectivity index (χ0n) is 4.76. The van der Waals surface area contributed by atoms with Crippen LogP contribution in [-0.2, 0) is 10.4 Å². The molecule has 11 heteroatoms. The fourth-order valence-corrected chi connectivity index (χ4v) is 0. The number of hydrogen-bond donors (Lipinski definition) is 3. The summed E-state index contributed by atoms with van der Waals surface area (Å²) in [6, 6.07) is 0. The summed E-state index contributed by atoms with van der Waals surface area (Å²) < 4.78 is 34.1. The van der Waals surface area contributed by atoms with Gasteiger partial charge >= 0.3 is 35.4 Å². The normalized spacial score (nSPS) is 10.7. The fourth-order valence-electron chi connectivity index (χ4n) is 0. The van der Waals surface area contributed by atoms with E-state index in [0.29, 0.717) is 0 Å². The van der Waals surface area contributed by atoms with Crippen molar-refractivity contribution in [1.82, 2.24) is 0 Å². The van der Waals surface area contributed by atoms with Crippen molar-refractivity contribution in [1.29, 1.82) is 0 Å². The molecule has 0 aliphatic heterocycles. The molecule has 0 atom stereocenters. The molecule has 11 heavy (non-hydrogen) atoms. The maximum absolute atomic E-state index is 8.52. The third-order valence-corrected chi connectivity index (χ3v) is 0. The minimum atomic E-state index is -5.17. The Balaban J connectivity index is -0.000000107. The Morgan fingerprint density at radius 1 is 1.18 bits per heavy atom. The van der Waals surface area contributed by atoms with Crippen molar-refractivity contribution in [3.05, 3.63) is 0 Å². The van der Waals surface area contributed by atoms with Gasteiger partial charge in [0.2, 0.25) is 0 Å². The van der Waals surface area contributed by atoms with Crippen molar-refractivity contribution in [2.45, 2.75) is 0 Å². The Bertz CT molecular complexity index is 153. The zero-order chi connectivity index (χ0) is 9.00. The summed E-state index contributed by atoms with van der Waals surface area (Å²) >= 11 is 4.34. The number of halogens is 1. The summed E-state index contributed by atoms with van der Waals surface area (Å²) in [6.45, 7) is 0. The monoisotopic (exact) mass is 418 g/mol. The van der Waals surface area contributed by atoms with Gasteiger partial charge in [0.25, 0.3) is 0 Å². The second kappa shape index (κ2) is 6.67. The SMILES string of the molecule is O=S(=O)([O-])[O-].O[Si](O)(O)Cl.[Pb+2]. The first-order valence-electron chi connectivity index (χ1n) is 1.53. The second-order valence-corrected chi connectivity index (χ2v) is 4.41. The van der Waals surface area contributed by atoms with E-state index in [1.807, 2.05) is 0 Å². The topological polar surface area (TPSA) is 141 Å². The Morgan fingerprint density at radius 3 is 1.18 bits per heavy atom. The predicted molar refractivity (Wildman–Crippen MR) is 34.5 cm³/mol. The first-order valence-corrected chi connectivity index (χ1v) is 5.71. The summed E-state index contributed by atoms with van der Waals surface area (Å²) in [4.78, 5) is 22.6. The predicted octanol–water partition coefficient (Wildman–Crippen LogP) is -3.08. The average Bonchev–Trinajstić information content (AvgIpc) is 1.12. The summed E-state index contributed by atoms with van der Waals surface area (Å²) in [6.07, 6.45) is 0. The van der Waals surface area contributed by atoms with Crippen molar-refractivity contribution in [2.24, 2.45) is 0 Å². The molecule has 0 aliphatic carbocycles. The quantitative estimate of drug-likeness (QED) is 0.164. The molecule has 0 heterocycles. The van der Waals surface area contributed by atoms with Gasteiger partial charge in [-0.1, -0.05) is 11.1 Å². The zero-order valence-corrected chi connectivity index (χ0v) is 11.2. The minimum absolute atomic E-state index is 0. The summed E-state index contributed by atoms with van der Waals surface area (Å²) in [5.41, 5.74) is 0. The fraction of sp³-hybridized carbons (Fsp3) is 0. The Hall–Kier alpha value is 1.18. The first-order chi connectivity index (χ1) is 4.00. The Kier molecular flexibility index (Phi) is 11.0. The van der Waals surface area contributed by atoms with Gasteiger partial charge in [0, 0.05) is 10.4 Å². The van der Waals surface area contributed by atoms with Gasteiger partial charge in [-0.05, 0) is 0 Å². The molecule has 0 unspecified atom stereocenters. The molecule has 0 saturated heterocycles. The molecule has 0 saturated carbocycles. The molecule has 0 bridgehead atoms.